The molecule has 3 rings (SSSR count). The van der Waals surface area contributed by atoms with E-state index in [0.29, 0.717) is 6.04 Å². The van der Waals surface area contributed by atoms with Crippen molar-refractivity contribution >= 4 is 18.2 Å². The summed E-state index contributed by atoms with van der Waals surface area (Å²) in [4.78, 5) is 0. The highest BCUT2D eigenvalue weighted by Gasteiger charge is 2.18. The fraction of sp³-hybridized carbons (Fsp3) is 0.600. The van der Waals surface area contributed by atoms with Crippen LogP contribution in [-0.2, 0) is 13.6 Å². The second kappa shape index (κ2) is 6.52. The van der Waals surface area contributed by atoms with Crippen molar-refractivity contribution in [2.24, 2.45) is 7.05 Å². The van der Waals surface area contributed by atoms with Crippen LogP contribution in [0, 0.1) is 13.8 Å². The topological polar surface area (TPSA) is 47.7 Å². The maximum Gasteiger partial charge on any atom is 0.148 e. The van der Waals surface area contributed by atoms with Crippen molar-refractivity contribution < 1.29 is 0 Å². The van der Waals surface area contributed by atoms with E-state index in [-0.39, 0.29) is 12.4 Å². The Morgan fingerprint density at radius 3 is 2.57 bits per heavy atom. The maximum atomic E-state index is 4.68. The first-order chi connectivity index (χ1) is 9.63. The van der Waals surface area contributed by atoms with Crippen LogP contribution in [0.2, 0.25) is 0 Å². The molecule has 1 fully saturated rings. The smallest absolute Gasteiger partial charge is 0.148 e. The molecule has 6 heteroatoms. The minimum Gasteiger partial charge on any atom is -0.364 e. The van der Waals surface area contributed by atoms with E-state index in [2.05, 4.69) is 46.3 Å². The number of nitrogens with one attached hydrogen (secondary N) is 1. The van der Waals surface area contributed by atoms with Gasteiger partial charge in [0, 0.05) is 37.1 Å². The molecule has 21 heavy (non-hydrogen) atoms. The molecule has 0 aliphatic heterocycles. The molecule has 2 heterocycles. The highest BCUT2D eigenvalue weighted by Crippen LogP contribution is 2.29. The normalized spacial score (nSPS) is 15.2. The highest BCUT2D eigenvalue weighted by molar-refractivity contribution is 5.85. The Hall–Kier alpha value is -1.49. The van der Waals surface area contributed by atoms with E-state index in [0.717, 1.165) is 23.8 Å². The Labute approximate surface area is 132 Å². The average molecular weight is 310 g/mol. The fourth-order valence-corrected chi connectivity index (χ4v) is 2.88. The molecule has 0 unspecified atom stereocenters. The molecule has 1 saturated carbocycles. The number of rotatable bonds is 4. The summed E-state index contributed by atoms with van der Waals surface area (Å²) in [6, 6.07) is 2.68. The molecule has 0 saturated heterocycles. The van der Waals surface area contributed by atoms with E-state index in [1.54, 1.807) is 0 Å². The summed E-state index contributed by atoms with van der Waals surface area (Å²) in [7, 11) is 1.96. The lowest BCUT2D eigenvalue weighted by atomic mass is 10.2. The Balaban J connectivity index is 0.00000161. The second-order valence-corrected chi connectivity index (χ2v) is 5.81. The zero-order valence-electron chi connectivity index (χ0n) is 13.0. The number of anilines is 1. The molecule has 0 spiro atoms. The van der Waals surface area contributed by atoms with Crippen molar-refractivity contribution in [2.45, 2.75) is 52.1 Å². The Kier molecular flexibility index (Phi) is 4.93. The van der Waals surface area contributed by atoms with Crippen LogP contribution in [-0.4, -0.2) is 19.6 Å². The van der Waals surface area contributed by atoms with E-state index in [1.165, 1.54) is 31.2 Å². The van der Waals surface area contributed by atoms with Gasteiger partial charge >= 0.3 is 0 Å². The van der Waals surface area contributed by atoms with Crippen molar-refractivity contribution in [3.63, 3.8) is 0 Å². The molecule has 5 nitrogen and oxygen atoms in total. The molecule has 2 aromatic rings. The van der Waals surface area contributed by atoms with Gasteiger partial charge in [0.2, 0.25) is 0 Å². The Bertz CT molecular complexity index is 576. The molecule has 0 aromatic carbocycles. The zero-order chi connectivity index (χ0) is 14.1. The molecular formula is C15H24ClN5. The summed E-state index contributed by atoms with van der Waals surface area (Å²) in [6.07, 6.45) is 7.42. The van der Waals surface area contributed by atoms with Crippen LogP contribution in [0.3, 0.4) is 0 Å². The van der Waals surface area contributed by atoms with Gasteiger partial charge in [0.25, 0.3) is 0 Å². The van der Waals surface area contributed by atoms with Crippen molar-refractivity contribution in [3.05, 3.63) is 29.2 Å². The van der Waals surface area contributed by atoms with Gasteiger partial charge in [-0.2, -0.15) is 10.2 Å². The summed E-state index contributed by atoms with van der Waals surface area (Å²) in [6.45, 7) is 4.93. The van der Waals surface area contributed by atoms with Gasteiger partial charge in [-0.1, -0.05) is 12.8 Å². The van der Waals surface area contributed by atoms with Crippen LogP contribution in [0.5, 0.6) is 0 Å². The summed E-state index contributed by atoms with van der Waals surface area (Å²) in [5.74, 6) is 0.929. The van der Waals surface area contributed by atoms with Crippen molar-refractivity contribution in [1.82, 2.24) is 19.6 Å². The Morgan fingerprint density at radius 2 is 1.95 bits per heavy atom. The van der Waals surface area contributed by atoms with Gasteiger partial charge in [-0.05, 0) is 26.7 Å². The lowest BCUT2D eigenvalue weighted by Gasteiger charge is -2.08. The van der Waals surface area contributed by atoms with Gasteiger partial charge in [-0.25, -0.2) is 0 Å². The summed E-state index contributed by atoms with van der Waals surface area (Å²) >= 11 is 0. The van der Waals surface area contributed by atoms with E-state index in [1.807, 2.05) is 11.7 Å². The van der Waals surface area contributed by atoms with E-state index < -0.39 is 0 Å². The third-order valence-corrected chi connectivity index (χ3v) is 4.29. The number of nitrogens with zero attached hydrogens (tertiary/aromatic N) is 4. The number of hydrogen-bond donors (Lipinski definition) is 1. The van der Waals surface area contributed by atoms with Crippen LogP contribution in [0.25, 0.3) is 0 Å². The first-order valence-electron chi connectivity index (χ1n) is 7.42. The monoisotopic (exact) mass is 309 g/mol. The largest absolute Gasteiger partial charge is 0.364 e. The zero-order valence-corrected chi connectivity index (χ0v) is 13.8. The standard InChI is InChI=1S/C15H23N5.ClH/c1-11-8-15(18-19(11)3)16-9-13-10-20(17-12(13)2)14-6-4-5-7-14;/h8,10,14H,4-7,9H2,1-3H3,(H,16,18);1H. The van der Waals surface area contributed by atoms with E-state index in [4.69, 9.17) is 0 Å². The van der Waals surface area contributed by atoms with Crippen LogP contribution < -0.4 is 5.32 Å². The fourth-order valence-electron chi connectivity index (χ4n) is 2.88. The molecular weight excluding hydrogens is 286 g/mol. The molecule has 0 bridgehead atoms. The lowest BCUT2D eigenvalue weighted by molar-refractivity contribution is 0.464. The van der Waals surface area contributed by atoms with Crippen LogP contribution in [0.1, 0.15) is 48.7 Å². The maximum absolute atomic E-state index is 4.68. The van der Waals surface area contributed by atoms with Crippen LogP contribution in [0.15, 0.2) is 12.3 Å². The van der Waals surface area contributed by atoms with Crippen molar-refractivity contribution in [1.29, 1.82) is 0 Å². The summed E-state index contributed by atoms with van der Waals surface area (Å²) < 4.78 is 4.06. The molecule has 116 valence electrons. The summed E-state index contributed by atoms with van der Waals surface area (Å²) in [5, 5.41) is 12.5. The SMILES string of the molecule is Cc1nn(C2CCCC2)cc1CNc1cc(C)n(C)n1.Cl. The molecule has 1 aliphatic carbocycles. The van der Waals surface area contributed by atoms with Crippen molar-refractivity contribution in [2.75, 3.05) is 5.32 Å². The molecule has 1 N–H and O–H groups in total. The third kappa shape index (κ3) is 3.40. The molecule has 0 radical (unpaired) electrons. The predicted molar refractivity (Wildman–Crippen MR) is 87.0 cm³/mol. The lowest BCUT2D eigenvalue weighted by Crippen LogP contribution is -2.05. The number of hydrogen-bond acceptors (Lipinski definition) is 3. The quantitative estimate of drug-likeness (QED) is 0.942. The van der Waals surface area contributed by atoms with E-state index >= 15 is 0 Å². The van der Waals surface area contributed by atoms with Gasteiger partial charge in [0.15, 0.2) is 0 Å². The second-order valence-electron chi connectivity index (χ2n) is 5.81. The van der Waals surface area contributed by atoms with E-state index in [9.17, 15) is 0 Å². The number of aromatic nitrogens is 4. The molecule has 1 aliphatic rings. The highest BCUT2D eigenvalue weighted by atomic mass is 35.5. The summed E-state index contributed by atoms with van der Waals surface area (Å²) in [5.41, 5.74) is 3.54. The van der Waals surface area contributed by atoms with Gasteiger partial charge in [0.1, 0.15) is 5.82 Å². The number of aryl methyl sites for hydroxylation is 3. The van der Waals surface area contributed by atoms with Crippen LogP contribution >= 0.6 is 12.4 Å². The minimum atomic E-state index is 0. The first kappa shape index (κ1) is 15.9. The average Bonchev–Trinajstić information content (AvgIpc) is 3.10. The molecule has 0 atom stereocenters. The number of halogens is 1. The van der Waals surface area contributed by atoms with Crippen LogP contribution in [0.4, 0.5) is 5.82 Å². The third-order valence-electron chi connectivity index (χ3n) is 4.29. The van der Waals surface area contributed by atoms with Crippen molar-refractivity contribution in [3.8, 4) is 0 Å². The minimum absolute atomic E-state index is 0. The Morgan fingerprint density at radius 1 is 1.24 bits per heavy atom. The predicted octanol–water partition coefficient (Wildman–Crippen LogP) is 3.38. The first-order valence-corrected chi connectivity index (χ1v) is 7.42. The van der Waals surface area contributed by atoms with Gasteiger partial charge < -0.3 is 5.32 Å². The van der Waals surface area contributed by atoms with Gasteiger partial charge in [0.05, 0.1) is 11.7 Å². The molecule has 0 amide bonds. The molecule has 2 aromatic heterocycles. The van der Waals surface area contributed by atoms with Gasteiger partial charge in [-0.15, -0.1) is 12.4 Å². The van der Waals surface area contributed by atoms with Gasteiger partial charge in [-0.3, -0.25) is 9.36 Å².